The van der Waals surface area contributed by atoms with Crippen molar-refractivity contribution in [2.45, 2.75) is 57.0 Å². The predicted molar refractivity (Wildman–Crippen MR) is 138 cm³/mol. The maximum Gasteiger partial charge on any atom is 0.330 e. The number of amides is 2. The van der Waals surface area contributed by atoms with Crippen molar-refractivity contribution in [2.75, 3.05) is 18.8 Å². The Balaban J connectivity index is 1.17. The van der Waals surface area contributed by atoms with Gasteiger partial charge >= 0.3 is 6.03 Å². The molecule has 2 aliphatic heterocycles. The molecule has 0 N–H and O–H groups in total. The van der Waals surface area contributed by atoms with Crippen LogP contribution < -0.4 is 0 Å². The molecular formula is C26H29ClN4O4S. The highest BCUT2D eigenvalue weighted by molar-refractivity contribution is 7.91. The molecule has 2 amide bonds. The third-order valence-corrected chi connectivity index (χ3v) is 9.24. The Morgan fingerprint density at radius 3 is 2.53 bits per heavy atom. The number of halogens is 1. The molecule has 190 valence electrons. The number of carbonyl (C=O) groups excluding carboxylic acids is 2. The van der Waals surface area contributed by atoms with Crippen LogP contribution in [0.25, 0.3) is 10.8 Å². The van der Waals surface area contributed by atoms with Gasteiger partial charge in [-0.2, -0.15) is 0 Å². The first-order valence-corrected chi connectivity index (χ1v) is 14.3. The van der Waals surface area contributed by atoms with Crippen LogP contribution in [-0.4, -0.2) is 64.6 Å². The fraction of sp³-hybridized carbons (Fsp3) is 0.423. The second-order valence-electron chi connectivity index (χ2n) is 9.49. The van der Waals surface area contributed by atoms with E-state index in [1.807, 2.05) is 18.7 Å². The van der Waals surface area contributed by atoms with Gasteiger partial charge in [0.2, 0.25) is 5.91 Å². The predicted octanol–water partition coefficient (Wildman–Crippen LogP) is 4.20. The van der Waals surface area contributed by atoms with Gasteiger partial charge in [0, 0.05) is 37.0 Å². The van der Waals surface area contributed by atoms with Crippen LogP contribution in [0.2, 0.25) is 5.02 Å². The second-order valence-corrected chi connectivity index (χ2v) is 12.0. The summed E-state index contributed by atoms with van der Waals surface area (Å²) in [5.41, 5.74) is 1.85. The van der Waals surface area contributed by atoms with Gasteiger partial charge in [0.1, 0.15) is 5.82 Å². The number of aromatic nitrogens is 2. The summed E-state index contributed by atoms with van der Waals surface area (Å²) in [5.74, 6) is 0.382. The summed E-state index contributed by atoms with van der Waals surface area (Å²) in [4.78, 5) is 34.2. The number of imidazole rings is 1. The third kappa shape index (κ3) is 4.50. The number of rotatable bonds is 6. The SMILES string of the molecule is CCc1nc(C)c2n1C(=O)N(C1CCN(C(=O)CCS(=O)(=O)c3ccc4cc(Cl)ccc4c3)CC1)C2. The lowest BCUT2D eigenvalue weighted by atomic mass is 10.0. The molecule has 10 heteroatoms. The number of sulfone groups is 1. The summed E-state index contributed by atoms with van der Waals surface area (Å²) in [6.07, 6.45) is 1.99. The highest BCUT2D eigenvalue weighted by atomic mass is 35.5. The molecule has 2 aliphatic rings. The van der Waals surface area contributed by atoms with Gasteiger partial charge in [0.05, 0.1) is 28.6 Å². The maximum absolute atomic E-state index is 13.0. The minimum absolute atomic E-state index is 0.0315. The van der Waals surface area contributed by atoms with Crippen molar-refractivity contribution >= 4 is 44.1 Å². The number of hydrogen-bond donors (Lipinski definition) is 0. The molecule has 0 aliphatic carbocycles. The van der Waals surface area contributed by atoms with E-state index in [0.29, 0.717) is 43.9 Å². The molecule has 36 heavy (non-hydrogen) atoms. The van der Waals surface area contributed by atoms with Crippen LogP contribution in [0.4, 0.5) is 4.79 Å². The fourth-order valence-corrected chi connectivity index (χ4v) is 6.67. The topological polar surface area (TPSA) is 92.6 Å². The lowest BCUT2D eigenvalue weighted by Gasteiger charge is -2.36. The molecule has 1 aromatic heterocycles. The molecule has 0 atom stereocenters. The minimum atomic E-state index is -3.60. The highest BCUT2D eigenvalue weighted by Gasteiger charge is 2.37. The van der Waals surface area contributed by atoms with Gasteiger partial charge in [-0.3, -0.25) is 9.36 Å². The molecule has 3 aromatic rings. The number of piperidine rings is 1. The standard InChI is InChI=1S/C26H29ClN4O4S/c1-3-24-28-17(2)23-16-30(26(33)31(23)24)21-8-11-29(12-9-21)25(32)10-13-36(34,35)22-7-5-18-14-20(27)6-4-19(18)15-22/h4-7,14-15,21H,3,8-13,16H2,1-2H3. The van der Waals surface area contributed by atoms with Crippen molar-refractivity contribution in [3.8, 4) is 0 Å². The Labute approximate surface area is 215 Å². The number of likely N-dealkylation sites (tertiary alicyclic amines) is 1. The van der Waals surface area contributed by atoms with Crippen molar-refractivity contribution in [3.63, 3.8) is 0 Å². The van der Waals surface area contributed by atoms with Crippen molar-refractivity contribution < 1.29 is 18.0 Å². The zero-order valence-corrected chi connectivity index (χ0v) is 22.0. The summed E-state index contributed by atoms with van der Waals surface area (Å²) < 4.78 is 27.5. The van der Waals surface area contributed by atoms with E-state index in [9.17, 15) is 18.0 Å². The zero-order valence-electron chi connectivity index (χ0n) is 20.4. The number of benzene rings is 2. The maximum atomic E-state index is 13.0. The van der Waals surface area contributed by atoms with Gasteiger partial charge in [0.25, 0.3) is 0 Å². The van der Waals surface area contributed by atoms with E-state index in [1.54, 1.807) is 45.9 Å². The summed E-state index contributed by atoms with van der Waals surface area (Å²) in [7, 11) is -3.60. The Morgan fingerprint density at radius 1 is 1.11 bits per heavy atom. The van der Waals surface area contributed by atoms with Gasteiger partial charge in [0.15, 0.2) is 9.84 Å². The summed E-state index contributed by atoms with van der Waals surface area (Å²) in [6, 6.07) is 10.2. The fourth-order valence-electron chi connectivity index (χ4n) is 5.23. The van der Waals surface area contributed by atoms with Crippen molar-refractivity contribution in [2.24, 2.45) is 0 Å². The molecule has 0 saturated carbocycles. The van der Waals surface area contributed by atoms with Gasteiger partial charge in [-0.05, 0) is 54.8 Å². The second kappa shape index (κ2) is 9.52. The Morgan fingerprint density at radius 2 is 1.81 bits per heavy atom. The van der Waals surface area contributed by atoms with Gasteiger partial charge < -0.3 is 9.80 Å². The number of fused-ring (bicyclic) bond motifs is 2. The van der Waals surface area contributed by atoms with E-state index >= 15 is 0 Å². The highest BCUT2D eigenvalue weighted by Crippen LogP contribution is 2.29. The van der Waals surface area contributed by atoms with Crippen LogP contribution in [0.15, 0.2) is 41.3 Å². The molecule has 0 bridgehead atoms. The number of aryl methyl sites for hydroxylation is 2. The minimum Gasteiger partial charge on any atom is -0.343 e. The molecule has 1 saturated heterocycles. The monoisotopic (exact) mass is 528 g/mol. The number of hydrogen-bond acceptors (Lipinski definition) is 5. The van der Waals surface area contributed by atoms with Gasteiger partial charge in [-0.25, -0.2) is 18.2 Å². The van der Waals surface area contributed by atoms with Crippen LogP contribution in [0.3, 0.4) is 0 Å². The summed E-state index contributed by atoms with van der Waals surface area (Å²) in [6.45, 7) is 5.50. The quantitative estimate of drug-likeness (QED) is 0.478. The first kappa shape index (κ1) is 24.8. The normalized spacial score (nSPS) is 16.7. The number of nitrogens with zero attached hydrogens (tertiary/aromatic N) is 4. The smallest absolute Gasteiger partial charge is 0.330 e. The van der Waals surface area contributed by atoms with Crippen LogP contribution in [0.1, 0.15) is 43.4 Å². The van der Waals surface area contributed by atoms with Crippen LogP contribution in [-0.2, 0) is 27.6 Å². The van der Waals surface area contributed by atoms with Crippen molar-refractivity contribution in [3.05, 3.63) is 58.6 Å². The molecule has 2 aromatic carbocycles. The number of carbonyl (C=O) groups is 2. The largest absolute Gasteiger partial charge is 0.343 e. The van der Waals surface area contributed by atoms with E-state index in [0.717, 1.165) is 28.0 Å². The van der Waals surface area contributed by atoms with E-state index in [2.05, 4.69) is 4.98 Å². The summed E-state index contributed by atoms with van der Waals surface area (Å²) in [5, 5.41) is 2.24. The third-order valence-electron chi connectivity index (χ3n) is 7.29. The molecular weight excluding hydrogens is 500 g/mol. The lowest BCUT2D eigenvalue weighted by molar-refractivity contribution is -0.132. The molecule has 1 fully saturated rings. The van der Waals surface area contributed by atoms with Crippen molar-refractivity contribution in [1.29, 1.82) is 0 Å². The summed E-state index contributed by atoms with van der Waals surface area (Å²) >= 11 is 6.01. The average Bonchev–Trinajstić information content (AvgIpc) is 3.38. The van der Waals surface area contributed by atoms with Crippen molar-refractivity contribution in [1.82, 2.24) is 19.4 Å². The Hall–Kier alpha value is -2.91. The van der Waals surface area contributed by atoms with Crippen LogP contribution in [0.5, 0.6) is 0 Å². The van der Waals surface area contributed by atoms with E-state index in [1.165, 1.54) is 0 Å². The van der Waals surface area contributed by atoms with Crippen LogP contribution in [0, 0.1) is 6.92 Å². The molecule has 5 rings (SSSR count). The van der Waals surface area contributed by atoms with E-state index in [4.69, 9.17) is 11.6 Å². The lowest BCUT2D eigenvalue weighted by Crippen LogP contribution is -2.47. The molecule has 0 radical (unpaired) electrons. The Kier molecular flexibility index (Phi) is 6.55. The van der Waals surface area contributed by atoms with Gasteiger partial charge in [-0.15, -0.1) is 0 Å². The first-order valence-electron chi connectivity index (χ1n) is 12.3. The average molecular weight is 529 g/mol. The molecule has 8 nitrogen and oxygen atoms in total. The molecule has 3 heterocycles. The van der Waals surface area contributed by atoms with E-state index in [-0.39, 0.29) is 35.0 Å². The zero-order chi connectivity index (χ0) is 25.6. The molecule has 0 spiro atoms. The Bertz CT molecular complexity index is 1460. The van der Waals surface area contributed by atoms with Crippen LogP contribution >= 0.6 is 11.6 Å². The molecule has 0 unspecified atom stereocenters. The van der Waals surface area contributed by atoms with E-state index < -0.39 is 9.84 Å². The first-order chi connectivity index (χ1) is 17.2. The van der Waals surface area contributed by atoms with Gasteiger partial charge in [-0.1, -0.05) is 30.7 Å².